The second kappa shape index (κ2) is 7.72. The Morgan fingerprint density at radius 3 is 2.46 bits per heavy atom. The molecule has 1 aromatic rings. The van der Waals surface area contributed by atoms with Crippen LogP contribution in [-0.2, 0) is 6.54 Å². The van der Waals surface area contributed by atoms with E-state index >= 15 is 0 Å². The Kier molecular flexibility index (Phi) is 5.64. The van der Waals surface area contributed by atoms with E-state index < -0.39 is 0 Å². The maximum atomic E-state index is 5.51. The highest BCUT2D eigenvalue weighted by molar-refractivity contribution is 5.40. The summed E-state index contributed by atoms with van der Waals surface area (Å²) in [6, 6.07) is 6.05. The van der Waals surface area contributed by atoms with Gasteiger partial charge in [0.1, 0.15) is 11.5 Å². The molecule has 2 aliphatic rings. The smallest absolute Gasteiger partial charge is 0.123 e. The van der Waals surface area contributed by atoms with Crippen LogP contribution in [0, 0.1) is 5.41 Å². The number of rotatable bonds is 6. The normalized spacial score (nSPS) is 25.8. The van der Waals surface area contributed by atoms with Crippen LogP contribution in [0.25, 0.3) is 0 Å². The number of nitrogens with zero attached hydrogens (tertiary/aromatic N) is 2. The van der Waals surface area contributed by atoms with Gasteiger partial charge in [-0.05, 0) is 36.6 Å². The molecule has 1 atom stereocenters. The van der Waals surface area contributed by atoms with Gasteiger partial charge in [-0.25, -0.2) is 0 Å². The van der Waals surface area contributed by atoms with E-state index in [4.69, 9.17) is 9.47 Å². The Morgan fingerprint density at radius 1 is 1.08 bits per heavy atom. The molecule has 0 radical (unpaired) electrons. The number of hydrogen-bond donors (Lipinski definition) is 1. The molecule has 3 rings (SSSR count). The Bertz CT molecular complexity index is 535. The Labute approximate surface area is 145 Å². The van der Waals surface area contributed by atoms with Crippen LogP contribution < -0.4 is 14.8 Å². The number of benzene rings is 1. The van der Waals surface area contributed by atoms with Crippen molar-refractivity contribution in [3.05, 3.63) is 23.8 Å². The molecule has 0 aliphatic carbocycles. The molecule has 2 fully saturated rings. The van der Waals surface area contributed by atoms with Crippen molar-refractivity contribution >= 4 is 0 Å². The van der Waals surface area contributed by atoms with Gasteiger partial charge in [-0.2, -0.15) is 0 Å². The third-order valence-corrected chi connectivity index (χ3v) is 5.41. The lowest BCUT2D eigenvalue weighted by Gasteiger charge is -2.38. The van der Waals surface area contributed by atoms with Gasteiger partial charge in [-0.15, -0.1) is 0 Å². The van der Waals surface area contributed by atoms with E-state index in [0.29, 0.717) is 5.41 Å². The summed E-state index contributed by atoms with van der Waals surface area (Å²) in [4.78, 5) is 5.15. The highest BCUT2D eigenvalue weighted by atomic mass is 16.5. The molecule has 0 bridgehead atoms. The molecule has 0 saturated carbocycles. The van der Waals surface area contributed by atoms with E-state index in [9.17, 15) is 0 Å². The summed E-state index contributed by atoms with van der Waals surface area (Å²) >= 11 is 0. The van der Waals surface area contributed by atoms with Gasteiger partial charge in [0.2, 0.25) is 0 Å². The van der Waals surface area contributed by atoms with Crippen molar-refractivity contribution in [2.75, 3.05) is 60.0 Å². The first kappa shape index (κ1) is 17.5. The van der Waals surface area contributed by atoms with Gasteiger partial charge in [-0.3, -0.25) is 4.90 Å². The maximum absolute atomic E-state index is 5.51. The van der Waals surface area contributed by atoms with Crippen LogP contribution in [0.3, 0.4) is 0 Å². The molecule has 5 nitrogen and oxygen atoms in total. The third kappa shape index (κ3) is 4.21. The van der Waals surface area contributed by atoms with Crippen LogP contribution in [-0.4, -0.2) is 69.8 Å². The number of hydrogen-bond acceptors (Lipinski definition) is 5. The first-order valence-corrected chi connectivity index (χ1v) is 8.98. The molecule has 24 heavy (non-hydrogen) atoms. The fourth-order valence-corrected chi connectivity index (χ4v) is 3.90. The standard InChI is InChI=1S/C19H31N3O2/c1-19(6-7-20-14-19)15-22-10-8-21(9-11-22)13-16-12-17(23-2)4-5-18(16)24-3/h4-5,12,20H,6-11,13-15H2,1-3H3. The molecule has 0 amide bonds. The molecule has 2 saturated heterocycles. The fraction of sp³-hybridized carbons (Fsp3) is 0.684. The molecule has 1 aromatic carbocycles. The average molecular weight is 333 g/mol. The topological polar surface area (TPSA) is 37.0 Å². The number of piperazine rings is 1. The van der Waals surface area contributed by atoms with E-state index in [2.05, 4.69) is 28.1 Å². The van der Waals surface area contributed by atoms with Crippen LogP contribution in [0.2, 0.25) is 0 Å². The van der Waals surface area contributed by atoms with E-state index in [1.807, 2.05) is 12.1 Å². The summed E-state index contributed by atoms with van der Waals surface area (Å²) in [6.45, 7) is 11.4. The molecule has 2 heterocycles. The maximum Gasteiger partial charge on any atom is 0.123 e. The average Bonchev–Trinajstić information content (AvgIpc) is 3.02. The van der Waals surface area contributed by atoms with Gasteiger partial charge in [0.05, 0.1) is 14.2 Å². The minimum atomic E-state index is 0.457. The highest BCUT2D eigenvalue weighted by Gasteiger charge is 2.31. The fourth-order valence-electron chi connectivity index (χ4n) is 3.90. The summed E-state index contributed by atoms with van der Waals surface area (Å²) in [5.41, 5.74) is 1.66. The predicted molar refractivity (Wildman–Crippen MR) is 96.9 cm³/mol. The summed E-state index contributed by atoms with van der Waals surface area (Å²) in [5, 5.41) is 3.50. The van der Waals surface area contributed by atoms with Crippen molar-refractivity contribution in [2.24, 2.45) is 5.41 Å². The molecule has 1 unspecified atom stereocenters. The van der Waals surface area contributed by atoms with E-state index in [1.165, 1.54) is 25.1 Å². The van der Waals surface area contributed by atoms with Crippen molar-refractivity contribution < 1.29 is 9.47 Å². The van der Waals surface area contributed by atoms with E-state index in [1.54, 1.807) is 14.2 Å². The van der Waals surface area contributed by atoms with Crippen LogP contribution in [0.1, 0.15) is 18.9 Å². The molecule has 5 heteroatoms. The van der Waals surface area contributed by atoms with Crippen molar-refractivity contribution in [1.29, 1.82) is 0 Å². The van der Waals surface area contributed by atoms with Gasteiger partial charge in [0, 0.05) is 51.4 Å². The Balaban J connectivity index is 1.53. The highest BCUT2D eigenvalue weighted by Crippen LogP contribution is 2.28. The summed E-state index contributed by atoms with van der Waals surface area (Å²) in [5.74, 6) is 1.84. The lowest BCUT2D eigenvalue weighted by molar-refractivity contribution is 0.0928. The van der Waals surface area contributed by atoms with E-state index in [0.717, 1.165) is 50.8 Å². The van der Waals surface area contributed by atoms with Crippen molar-refractivity contribution in [3.63, 3.8) is 0 Å². The number of methoxy groups -OCH3 is 2. The largest absolute Gasteiger partial charge is 0.497 e. The lowest BCUT2D eigenvalue weighted by atomic mass is 9.89. The molecule has 134 valence electrons. The van der Waals surface area contributed by atoms with Gasteiger partial charge in [0.25, 0.3) is 0 Å². The van der Waals surface area contributed by atoms with Crippen LogP contribution >= 0.6 is 0 Å². The first-order valence-electron chi connectivity index (χ1n) is 8.98. The monoisotopic (exact) mass is 333 g/mol. The van der Waals surface area contributed by atoms with Crippen LogP contribution in [0.5, 0.6) is 11.5 Å². The first-order chi connectivity index (χ1) is 11.6. The quantitative estimate of drug-likeness (QED) is 0.859. The lowest BCUT2D eigenvalue weighted by Crippen LogP contribution is -2.49. The second-order valence-corrected chi connectivity index (χ2v) is 7.47. The minimum Gasteiger partial charge on any atom is -0.497 e. The summed E-state index contributed by atoms with van der Waals surface area (Å²) in [6.07, 6.45) is 1.30. The van der Waals surface area contributed by atoms with Crippen molar-refractivity contribution in [3.8, 4) is 11.5 Å². The van der Waals surface area contributed by atoms with Crippen molar-refractivity contribution in [2.45, 2.75) is 19.9 Å². The molecule has 1 N–H and O–H groups in total. The zero-order valence-electron chi connectivity index (χ0n) is 15.3. The molecule has 0 aromatic heterocycles. The van der Waals surface area contributed by atoms with Gasteiger partial charge >= 0.3 is 0 Å². The van der Waals surface area contributed by atoms with Crippen LogP contribution in [0.4, 0.5) is 0 Å². The zero-order valence-corrected chi connectivity index (χ0v) is 15.3. The Hall–Kier alpha value is -1.30. The van der Waals surface area contributed by atoms with Gasteiger partial charge in [-0.1, -0.05) is 6.92 Å². The zero-order chi connectivity index (χ0) is 17.0. The minimum absolute atomic E-state index is 0.457. The number of nitrogens with one attached hydrogen (secondary N) is 1. The second-order valence-electron chi connectivity index (χ2n) is 7.47. The summed E-state index contributed by atoms with van der Waals surface area (Å²) in [7, 11) is 3.45. The van der Waals surface area contributed by atoms with Gasteiger partial charge < -0.3 is 19.7 Å². The van der Waals surface area contributed by atoms with Crippen molar-refractivity contribution in [1.82, 2.24) is 15.1 Å². The third-order valence-electron chi connectivity index (χ3n) is 5.41. The number of ether oxygens (including phenoxy) is 2. The predicted octanol–water partition coefficient (Wildman–Crippen LogP) is 1.82. The van der Waals surface area contributed by atoms with E-state index in [-0.39, 0.29) is 0 Å². The molecular weight excluding hydrogens is 302 g/mol. The molecule has 2 aliphatic heterocycles. The Morgan fingerprint density at radius 2 is 1.83 bits per heavy atom. The van der Waals surface area contributed by atoms with Gasteiger partial charge in [0.15, 0.2) is 0 Å². The summed E-state index contributed by atoms with van der Waals surface area (Å²) < 4.78 is 10.9. The molecular formula is C19H31N3O2. The molecule has 0 spiro atoms. The SMILES string of the molecule is COc1ccc(OC)c(CN2CCN(CC3(C)CCNC3)CC2)c1. The van der Waals surface area contributed by atoms with Crippen LogP contribution in [0.15, 0.2) is 18.2 Å².